The monoisotopic (exact) mass is 419 g/mol. The minimum Gasteiger partial charge on any atom is -0.374 e. The van der Waals surface area contributed by atoms with Crippen LogP contribution in [0, 0.1) is 22.7 Å². The quantitative estimate of drug-likeness (QED) is 0.598. The molecule has 0 fully saturated rings. The Morgan fingerprint density at radius 1 is 1.23 bits per heavy atom. The maximum absolute atomic E-state index is 12.5. The molecule has 9 nitrogen and oxygen atoms in total. The number of benzene rings is 1. The zero-order valence-electron chi connectivity index (χ0n) is 16.7. The minimum atomic E-state index is -1.11. The molecule has 0 radical (unpaired) electrons. The Bertz CT molecular complexity index is 1150. The average Bonchev–Trinajstić information content (AvgIpc) is 3.15. The highest BCUT2D eigenvalue weighted by atomic mass is 16.5. The number of fused-ring (bicyclic) bond motifs is 1. The molecule has 31 heavy (non-hydrogen) atoms. The number of ether oxygens (including phenoxy) is 1. The Labute approximate surface area is 181 Å². The van der Waals surface area contributed by atoms with E-state index in [1.54, 1.807) is 54.8 Å². The number of nitriles is 2. The molecule has 0 saturated carbocycles. The Kier molecular flexibility index (Phi) is 7.43. The van der Waals surface area contributed by atoms with Crippen molar-refractivity contribution in [3.63, 3.8) is 0 Å². The molecule has 0 bridgehead atoms. The summed E-state index contributed by atoms with van der Waals surface area (Å²) in [6.07, 6.45) is 1.60. The second-order valence-electron chi connectivity index (χ2n) is 7.35. The van der Waals surface area contributed by atoms with Crippen LogP contribution in [-0.2, 0) is 16.1 Å². The third kappa shape index (κ3) is 5.43. The third-order valence-corrected chi connectivity index (χ3v) is 4.44. The first-order valence-corrected chi connectivity index (χ1v) is 9.24. The first kappa shape index (κ1) is 23.5. The van der Waals surface area contributed by atoms with E-state index < -0.39 is 11.6 Å². The highest BCUT2D eigenvalue weighted by molar-refractivity contribution is 5.85. The van der Waals surface area contributed by atoms with Crippen molar-refractivity contribution in [3.05, 3.63) is 65.1 Å². The van der Waals surface area contributed by atoms with Crippen molar-refractivity contribution in [2.24, 2.45) is 5.73 Å². The van der Waals surface area contributed by atoms with Gasteiger partial charge in [-0.1, -0.05) is 25.6 Å². The second-order valence-corrected chi connectivity index (χ2v) is 7.35. The van der Waals surface area contributed by atoms with Crippen molar-refractivity contribution in [2.75, 3.05) is 6.61 Å². The fraction of sp³-hybridized carbons (Fsp3) is 0.318. The summed E-state index contributed by atoms with van der Waals surface area (Å²) >= 11 is 0. The van der Waals surface area contributed by atoms with Crippen molar-refractivity contribution < 1.29 is 9.53 Å². The zero-order valence-corrected chi connectivity index (χ0v) is 16.7. The van der Waals surface area contributed by atoms with Gasteiger partial charge in [0.1, 0.15) is 12.1 Å². The van der Waals surface area contributed by atoms with Crippen LogP contribution in [0.15, 0.2) is 42.6 Å². The maximum Gasteiger partial charge on any atom is 0.240 e. The number of pyridine rings is 1. The van der Waals surface area contributed by atoms with Crippen LogP contribution in [0.1, 0.15) is 49.8 Å². The molecule has 0 aliphatic carbocycles. The molecular formula is C22H25N7O2. The normalized spacial score (nSPS) is 11.8. The van der Waals surface area contributed by atoms with Crippen molar-refractivity contribution in [2.45, 2.75) is 39.5 Å². The molecule has 0 aliphatic rings. The SMILES string of the molecule is C.CC(C)(N)C(=O)N[C@H](COCc1ccccc1C#N)c1nnc2ccc(C#N)cn12. The predicted octanol–water partition coefficient (Wildman–Crippen LogP) is 2.22. The first-order valence-electron chi connectivity index (χ1n) is 9.24. The number of rotatable bonds is 7. The topological polar surface area (TPSA) is 142 Å². The molecule has 1 aromatic carbocycles. The summed E-state index contributed by atoms with van der Waals surface area (Å²) in [5.74, 6) is 0.0231. The van der Waals surface area contributed by atoms with Crippen LogP contribution < -0.4 is 11.1 Å². The molecule has 3 rings (SSSR count). The van der Waals surface area contributed by atoms with Gasteiger partial charge in [-0.05, 0) is 37.6 Å². The van der Waals surface area contributed by atoms with E-state index in [-0.39, 0.29) is 26.5 Å². The van der Waals surface area contributed by atoms with Gasteiger partial charge in [0, 0.05) is 6.20 Å². The lowest BCUT2D eigenvalue weighted by Crippen LogP contribution is -2.50. The van der Waals surface area contributed by atoms with Gasteiger partial charge in [0.2, 0.25) is 5.91 Å². The molecule has 0 aliphatic heterocycles. The highest BCUT2D eigenvalue weighted by Crippen LogP contribution is 2.17. The lowest BCUT2D eigenvalue weighted by Gasteiger charge is -2.23. The predicted molar refractivity (Wildman–Crippen MR) is 114 cm³/mol. The van der Waals surface area contributed by atoms with Crippen molar-refractivity contribution in [1.29, 1.82) is 10.5 Å². The first-order chi connectivity index (χ1) is 14.3. The van der Waals surface area contributed by atoms with Crippen LogP contribution in [0.2, 0.25) is 0 Å². The summed E-state index contributed by atoms with van der Waals surface area (Å²) in [7, 11) is 0. The molecule has 0 saturated heterocycles. The van der Waals surface area contributed by atoms with Crippen LogP contribution >= 0.6 is 0 Å². The molecule has 1 atom stereocenters. The number of carbonyl (C=O) groups excluding carboxylic acids is 1. The fourth-order valence-electron chi connectivity index (χ4n) is 2.78. The van der Waals surface area contributed by atoms with Crippen molar-refractivity contribution in [1.82, 2.24) is 19.9 Å². The van der Waals surface area contributed by atoms with Gasteiger partial charge in [0.05, 0.1) is 35.9 Å². The molecule has 2 heterocycles. The highest BCUT2D eigenvalue weighted by Gasteiger charge is 2.28. The standard InChI is InChI=1S/C21H21N7O2.CH4/c1-21(2,24)20(29)25-17(13-30-12-16-6-4-3-5-15(16)10-23)19-27-26-18-8-7-14(9-22)11-28(18)19;/h3-8,11,17H,12-13,24H2,1-2H3,(H,25,29);1H4/t17-;/m1./s1. The van der Waals surface area contributed by atoms with Gasteiger partial charge in [0.15, 0.2) is 11.5 Å². The molecule has 0 spiro atoms. The van der Waals surface area contributed by atoms with Crippen molar-refractivity contribution in [3.8, 4) is 12.1 Å². The number of carbonyl (C=O) groups is 1. The number of aromatic nitrogens is 3. The van der Waals surface area contributed by atoms with E-state index in [0.717, 1.165) is 5.56 Å². The maximum atomic E-state index is 12.5. The van der Waals surface area contributed by atoms with E-state index in [0.29, 0.717) is 22.6 Å². The van der Waals surface area contributed by atoms with Crippen LogP contribution in [0.5, 0.6) is 0 Å². The minimum absolute atomic E-state index is 0. The largest absolute Gasteiger partial charge is 0.374 e. The Morgan fingerprint density at radius 3 is 2.65 bits per heavy atom. The molecule has 2 aromatic heterocycles. The van der Waals surface area contributed by atoms with Gasteiger partial charge in [-0.25, -0.2) is 0 Å². The summed E-state index contributed by atoms with van der Waals surface area (Å²) in [6, 6.07) is 14.0. The molecule has 160 valence electrons. The Hall–Kier alpha value is -3.79. The van der Waals surface area contributed by atoms with E-state index in [1.807, 2.05) is 6.07 Å². The van der Waals surface area contributed by atoms with Gasteiger partial charge in [-0.2, -0.15) is 10.5 Å². The number of hydrogen-bond donors (Lipinski definition) is 2. The van der Waals surface area contributed by atoms with Crippen LogP contribution in [0.3, 0.4) is 0 Å². The number of hydrogen-bond acceptors (Lipinski definition) is 7. The van der Waals surface area contributed by atoms with E-state index in [9.17, 15) is 15.3 Å². The number of nitrogens with zero attached hydrogens (tertiary/aromatic N) is 5. The van der Waals surface area contributed by atoms with Gasteiger partial charge in [-0.3, -0.25) is 9.20 Å². The van der Waals surface area contributed by atoms with E-state index in [2.05, 4.69) is 27.7 Å². The number of nitrogens with two attached hydrogens (primary N) is 1. The summed E-state index contributed by atoms with van der Waals surface area (Å²) in [5, 5.41) is 29.5. The molecule has 0 unspecified atom stereocenters. The van der Waals surface area contributed by atoms with Crippen LogP contribution in [-0.4, -0.2) is 32.7 Å². The summed E-state index contributed by atoms with van der Waals surface area (Å²) in [4.78, 5) is 12.5. The molecule has 1 amide bonds. The lowest BCUT2D eigenvalue weighted by molar-refractivity contribution is -0.126. The van der Waals surface area contributed by atoms with Crippen molar-refractivity contribution >= 4 is 11.6 Å². The van der Waals surface area contributed by atoms with Crippen LogP contribution in [0.4, 0.5) is 0 Å². The third-order valence-electron chi connectivity index (χ3n) is 4.44. The summed E-state index contributed by atoms with van der Waals surface area (Å²) in [5.41, 5.74) is 7.03. The van der Waals surface area contributed by atoms with E-state index in [1.165, 1.54) is 0 Å². The van der Waals surface area contributed by atoms with Gasteiger partial charge in [-0.15, -0.1) is 10.2 Å². The summed E-state index contributed by atoms with van der Waals surface area (Å²) < 4.78 is 7.45. The molecular weight excluding hydrogens is 394 g/mol. The zero-order chi connectivity index (χ0) is 21.7. The van der Waals surface area contributed by atoms with E-state index in [4.69, 9.17) is 10.5 Å². The Balaban J connectivity index is 0.00000341. The second kappa shape index (κ2) is 9.81. The van der Waals surface area contributed by atoms with Gasteiger partial charge < -0.3 is 15.8 Å². The van der Waals surface area contributed by atoms with Gasteiger partial charge in [0.25, 0.3) is 0 Å². The fourth-order valence-corrected chi connectivity index (χ4v) is 2.78. The smallest absolute Gasteiger partial charge is 0.240 e. The number of amides is 1. The summed E-state index contributed by atoms with van der Waals surface area (Å²) in [6.45, 7) is 3.44. The average molecular weight is 419 g/mol. The van der Waals surface area contributed by atoms with Crippen LogP contribution in [0.25, 0.3) is 5.65 Å². The molecule has 3 N–H and O–H groups in total. The van der Waals surface area contributed by atoms with E-state index >= 15 is 0 Å². The number of nitrogens with one attached hydrogen (secondary N) is 1. The molecule has 9 heteroatoms. The Morgan fingerprint density at radius 2 is 1.97 bits per heavy atom. The molecule has 3 aromatic rings. The lowest BCUT2D eigenvalue weighted by atomic mass is 10.1. The van der Waals surface area contributed by atoms with Gasteiger partial charge >= 0.3 is 0 Å².